The molecule has 6 nitrogen and oxygen atoms in total. The van der Waals surface area contributed by atoms with Crippen molar-refractivity contribution in [2.24, 2.45) is 16.6 Å². The Morgan fingerprint density at radius 2 is 2.00 bits per heavy atom. The molecule has 30 heavy (non-hydrogen) atoms. The summed E-state index contributed by atoms with van der Waals surface area (Å²) < 4.78 is 0. The third-order valence-electron chi connectivity index (χ3n) is 5.39. The van der Waals surface area contributed by atoms with Crippen molar-refractivity contribution in [1.29, 1.82) is 0 Å². The summed E-state index contributed by atoms with van der Waals surface area (Å²) in [5.41, 5.74) is 7.97. The molecule has 1 heterocycles. The predicted molar refractivity (Wildman–Crippen MR) is 136 cm³/mol. The SMILES string of the molecule is CCCCCCNC(=NCc1cccc(CN2CCCC(C(N)=O)C2)c1)NCC.I. The van der Waals surface area contributed by atoms with E-state index in [-0.39, 0.29) is 35.8 Å². The minimum atomic E-state index is -0.170. The van der Waals surface area contributed by atoms with Crippen LogP contribution in [0.1, 0.15) is 63.5 Å². The first-order valence-corrected chi connectivity index (χ1v) is 11.2. The monoisotopic (exact) mass is 529 g/mol. The van der Waals surface area contributed by atoms with Gasteiger partial charge >= 0.3 is 0 Å². The van der Waals surface area contributed by atoms with Crippen LogP contribution in [-0.2, 0) is 17.9 Å². The second-order valence-corrected chi connectivity index (χ2v) is 7.98. The fraction of sp³-hybridized carbons (Fsp3) is 0.652. The van der Waals surface area contributed by atoms with Gasteiger partial charge in [0.1, 0.15) is 0 Å². The molecule has 1 saturated heterocycles. The number of aliphatic imine (C=N–C) groups is 1. The number of hydrogen-bond donors (Lipinski definition) is 3. The number of hydrogen-bond acceptors (Lipinski definition) is 3. The Morgan fingerprint density at radius 1 is 1.20 bits per heavy atom. The van der Waals surface area contributed by atoms with Gasteiger partial charge in [-0.2, -0.15) is 0 Å². The zero-order valence-electron chi connectivity index (χ0n) is 18.7. The predicted octanol–water partition coefficient (Wildman–Crippen LogP) is 3.64. The molecule has 7 heteroatoms. The van der Waals surface area contributed by atoms with E-state index in [9.17, 15) is 4.79 Å². The van der Waals surface area contributed by atoms with E-state index in [1.807, 2.05) is 0 Å². The topological polar surface area (TPSA) is 82.8 Å². The molecule has 0 saturated carbocycles. The number of likely N-dealkylation sites (tertiary alicyclic amines) is 1. The van der Waals surface area contributed by atoms with Gasteiger partial charge in [-0.25, -0.2) is 4.99 Å². The molecule has 0 spiro atoms. The smallest absolute Gasteiger partial charge is 0.221 e. The number of carbonyl (C=O) groups excluding carboxylic acids is 1. The van der Waals surface area contributed by atoms with Gasteiger partial charge in [-0.05, 0) is 43.9 Å². The molecule has 1 aliphatic heterocycles. The highest BCUT2D eigenvalue weighted by Crippen LogP contribution is 2.19. The Morgan fingerprint density at radius 3 is 2.73 bits per heavy atom. The maximum Gasteiger partial charge on any atom is 0.221 e. The molecule has 1 fully saturated rings. The first-order chi connectivity index (χ1) is 14.1. The lowest BCUT2D eigenvalue weighted by Gasteiger charge is -2.31. The van der Waals surface area contributed by atoms with Crippen molar-refractivity contribution in [3.8, 4) is 0 Å². The second kappa shape index (κ2) is 15.5. The van der Waals surface area contributed by atoms with Gasteiger partial charge in [0.05, 0.1) is 12.5 Å². The number of nitrogens with two attached hydrogens (primary N) is 1. The standard InChI is InChI=1S/C23H39N5O.HI/c1-3-5-6-7-13-26-23(25-4-2)27-16-19-10-8-11-20(15-19)17-28-14-9-12-21(18-28)22(24)29;/h8,10-11,15,21H,3-7,9,12-14,16-18H2,1-2H3,(H2,24,29)(H2,25,26,27);1H. The Balaban J connectivity index is 0.00000450. The zero-order chi connectivity index (χ0) is 20.9. The number of nitrogens with one attached hydrogen (secondary N) is 2. The number of primary amides is 1. The van der Waals surface area contributed by atoms with Crippen molar-refractivity contribution in [2.45, 2.75) is 65.5 Å². The van der Waals surface area contributed by atoms with Crippen molar-refractivity contribution >= 4 is 35.8 Å². The average molecular weight is 530 g/mol. The summed E-state index contributed by atoms with van der Waals surface area (Å²) >= 11 is 0. The Kier molecular flexibility index (Phi) is 13.7. The van der Waals surface area contributed by atoms with Gasteiger partial charge in [0.2, 0.25) is 5.91 Å². The number of guanidine groups is 1. The maximum atomic E-state index is 11.5. The molecule has 0 radical (unpaired) electrons. The van der Waals surface area contributed by atoms with E-state index in [2.05, 4.69) is 53.6 Å². The van der Waals surface area contributed by atoms with Gasteiger partial charge in [0.25, 0.3) is 0 Å². The number of nitrogens with zero attached hydrogens (tertiary/aromatic N) is 2. The van der Waals surface area contributed by atoms with E-state index in [1.54, 1.807) is 0 Å². The quantitative estimate of drug-likeness (QED) is 0.177. The van der Waals surface area contributed by atoms with Crippen molar-refractivity contribution in [3.63, 3.8) is 0 Å². The molecular formula is C23H40IN5O. The van der Waals surface area contributed by atoms with E-state index >= 15 is 0 Å². The van der Waals surface area contributed by atoms with Crippen LogP contribution in [-0.4, -0.2) is 42.9 Å². The molecule has 1 amide bonds. The summed E-state index contributed by atoms with van der Waals surface area (Å²) in [7, 11) is 0. The van der Waals surface area contributed by atoms with Crippen molar-refractivity contribution < 1.29 is 4.79 Å². The number of halogens is 1. The lowest BCUT2D eigenvalue weighted by molar-refractivity contribution is -0.123. The van der Waals surface area contributed by atoms with Crippen LogP contribution in [0.2, 0.25) is 0 Å². The van der Waals surface area contributed by atoms with Crippen molar-refractivity contribution in [2.75, 3.05) is 26.2 Å². The summed E-state index contributed by atoms with van der Waals surface area (Å²) in [6.45, 7) is 9.45. The van der Waals surface area contributed by atoms with E-state index in [1.165, 1.54) is 36.8 Å². The van der Waals surface area contributed by atoms with Crippen LogP contribution in [0, 0.1) is 5.92 Å². The van der Waals surface area contributed by atoms with Gasteiger partial charge in [-0.3, -0.25) is 9.69 Å². The molecule has 2 rings (SSSR count). The highest BCUT2D eigenvalue weighted by molar-refractivity contribution is 14.0. The fourth-order valence-electron chi connectivity index (χ4n) is 3.79. The highest BCUT2D eigenvalue weighted by Gasteiger charge is 2.23. The van der Waals surface area contributed by atoms with Crippen LogP contribution in [0.3, 0.4) is 0 Å². The Bertz CT molecular complexity index is 652. The van der Waals surface area contributed by atoms with E-state index < -0.39 is 0 Å². The minimum absolute atomic E-state index is 0. The molecular weight excluding hydrogens is 489 g/mol. The summed E-state index contributed by atoms with van der Waals surface area (Å²) in [5, 5.41) is 6.76. The van der Waals surface area contributed by atoms with Gasteiger partial charge < -0.3 is 16.4 Å². The highest BCUT2D eigenvalue weighted by atomic mass is 127. The van der Waals surface area contributed by atoms with Crippen LogP contribution in [0.5, 0.6) is 0 Å². The normalized spacial score (nSPS) is 17.3. The first-order valence-electron chi connectivity index (χ1n) is 11.2. The maximum absolute atomic E-state index is 11.5. The molecule has 1 aliphatic rings. The zero-order valence-corrected chi connectivity index (χ0v) is 21.0. The van der Waals surface area contributed by atoms with Gasteiger partial charge in [0, 0.05) is 26.2 Å². The summed E-state index contributed by atoms with van der Waals surface area (Å²) in [6, 6.07) is 8.60. The molecule has 1 atom stereocenters. The number of amides is 1. The molecule has 170 valence electrons. The summed E-state index contributed by atoms with van der Waals surface area (Å²) in [5.74, 6) is 0.702. The van der Waals surface area contributed by atoms with E-state index in [4.69, 9.17) is 10.7 Å². The lowest BCUT2D eigenvalue weighted by atomic mass is 9.97. The number of carbonyl (C=O) groups is 1. The first kappa shape index (κ1) is 26.7. The molecule has 0 aliphatic carbocycles. The molecule has 0 aromatic heterocycles. The van der Waals surface area contributed by atoms with Gasteiger partial charge in [-0.15, -0.1) is 24.0 Å². The number of rotatable bonds is 11. The number of benzene rings is 1. The molecule has 4 N–H and O–H groups in total. The van der Waals surface area contributed by atoms with Crippen molar-refractivity contribution in [1.82, 2.24) is 15.5 Å². The molecule has 1 aromatic rings. The molecule has 1 aromatic carbocycles. The fourth-order valence-corrected chi connectivity index (χ4v) is 3.79. The largest absolute Gasteiger partial charge is 0.369 e. The van der Waals surface area contributed by atoms with Crippen LogP contribution in [0.15, 0.2) is 29.3 Å². The molecule has 1 unspecified atom stereocenters. The van der Waals surface area contributed by atoms with Crippen LogP contribution >= 0.6 is 24.0 Å². The number of piperidine rings is 1. The van der Waals surface area contributed by atoms with Gasteiger partial charge in [0.15, 0.2) is 5.96 Å². The lowest BCUT2D eigenvalue weighted by Crippen LogP contribution is -2.40. The summed E-state index contributed by atoms with van der Waals surface area (Å²) in [6.07, 6.45) is 6.94. The van der Waals surface area contributed by atoms with Crippen molar-refractivity contribution in [3.05, 3.63) is 35.4 Å². The van der Waals surface area contributed by atoms with Crippen LogP contribution in [0.4, 0.5) is 0 Å². The summed E-state index contributed by atoms with van der Waals surface area (Å²) in [4.78, 5) is 18.6. The van der Waals surface area contributed by atoms with Crippen LogP contribution in [0.25, 0.3) is 0 Å². The minimum Gasteiger partial charge on any atom is -0.369 e. The average Bonchev–Trinajstić information content (AvgIpc) is 2.72. The van der Waals surface area contributed by atoms with E-state index in [0.717, 1.165) is 51.5 Å². The third-order valence-corrected chi connectivity index (χ3v) is 5.39. The Hall–Kier alpha value is -1.35. The molecule has 0 bridgehead atoms. The Labute approximate surface area is 199 Å². The van der Waals surface area contributed by atoms with Gasteiger partial charge in [-0.1, -0.05) is 50.5 Å². The second-order valence-electron chi connectivity index (χ2n) is 7.98. The third kappa shape index (κ3) is 10.1. The van der Waals surface area contributed by atoms with Crippen LogP contribution < -0.4 is 16.4 Å². The number of unbranched alkanes of at least 4 members (excludes halogenated alkanes) is 3. The van der Waals surface area contributed by atoms with E-state index in [0.29, 0.717) is 6.54 Å².